The van der Waals surface area contributed by atoms with Gasteiger partial charge in [0.15, 0.2) is 11.5 Å². The van der Waals surface area contributed by atoms with Crippen molar-refractivity contribution in [1.82, 2.24) is 19.0 Å². The second-order valence-corrected chi connectivity index (χ2v) is 8.20. The summed E-state index contributed by atoms with van der Waals surface area (Å²) in [5.74, 6) is 2.20. The molecule has 1 saturated heterocycles. The summed E-state index contributed by atoms with van der Waals surface area (Å²) in [5, 5.41) is 12.0. The minimum Gasteiger partial charge on any atom is -0.493 e. The first kappa shape index (κ1) is 21.2. The number of benzene rings is 1. The Kier molecular flexibility index (Phi) is 5.66. The number of methoxy groups -OCH3 is 2. The van der Waals surface area contributed by atoms with E-state index in [9.17, 15) is 9.90 Å². The zero-order chi connectivity index (χ0) is 22.2. The number of aryl methyl sites for hydroxylation is 2. The van der Waals surface area contributed by atoms with Crippen LogP contribution in [-0.4, -0.2) is 62.9 Å². The number of carbonyl (C=O) groups is 1. The normalized spacial score (nSPS) is 16.0. The maximum absolute atomic E-state index is 13.3. The van der Waals surface area contributed by atoms with Gasteiger partial charge in [0.05, 0.1) is 31.9 Å². The van der Waals surface area contributed by atoms with Crippen molar-refractivity contribution in [2.75, 3.05) is 27.3 Å². The zero-order valence-electron chi connectivity index (χ0n) is 18.6. The summed E-state index contributed by atoms with van der Waals surface area (Å²) in [6.07, 6.45) is 5.57. The predicted octanol–water partition coefficient (Wildman–Crippen LogP) is 2.62. The fraction of sp³-hybridized carbons (Fsp3) is 0.478. The first-order valence-electron chi connectivity index (χ1n) is 10.6. The summed E-state index contributed by atoms with van der Waals surface area (Å²) in [7, 11) is 5.08. The van der Waals surface area contributed by atoms with E-state index in [1.165, 1.54) is 0 Å². The quantitative estimate of drug-likeness (QED) is 0.655. The van der Waals surface area contributed by atoms with Gasteiger partial charge in [0.1, 0.15) is 11.5 Å². The first-order valence-corrected chi connectivity index (χ1v) is 10.6. The van der Waals surface area contributed by atoms with Crippen molar-refractivity contribution < 1.29 is 19.4 Å². The van der Waals surface area contributed by atoms with Gasteiger partial charge in [-0.05, 0) is 25.0 Å². The first-order chi connectivity index (χ1) is 14.9. The van der Waals surface area contributed by atoms with E-state index in [0.717, 1.165) is 23.1 Å². The molecule has 1 fully saturated rings. The van der Waals surface area contributed by atoms with Gasteiger partial charge in [-0.3, -0.25) is 4.79 Å². The Morgan fingerprint density at radius 3 is 2.48 bits per heavy atom. The number of imidazole rings is 1. The third-order valence-electron chi connectivity index (χ3n) is 6.33. The molecule has 0 unspecified atom stereocenters. The smallest absolute Gasteiger partial charge is 0.270 e. The van der Waals surface area contributed by atoms with E-state index >= 15 is 0 Å². The highest BCUT2D eigenvalue weighted by molar-refractivity contribution is 5.99. The largest absolute Gasteiger partial charge is 0.493 e. The third-order valence-corrected chi connectivity index (χ3v) is 6.33. The van der Waals surface area contributed by atoms with Gasteiger partial charge in [-0.15, -0.1) is 0 Å². The van der Waals surface area contributed by atoms with Gasteiger partial charge in [-0.1, -0.05) is 6.92 Å². The van der Waals surface area contributed by atoms with E-state index in [4.69, 9.17) is 9.47 Å². The summed E-state index contributed by atoms with van der Waals surface area (Å²) in [5.41, 5.74) is 0.682. The van der Waals surface area contributed by atoms with Crippen LogP contribution in [-0.2, 0) is 20.0 Å². The van der Waals surface area contributed by atoms with Gasteiger partial charge in [-0.25, -0.2) is 4.98 Å². The highest BCUT2D eigenvalue weighted by Gasteiger charge is 2.35. The molecule has 0 spiro atoms. The number of piperidine rings is 1. The predicted molar refractivity (Wildman–Crippen MR) is 118 cm³/mol. The van der Waals surface area contributed by atoms with E-state index in [1.54, 1.807) is 20.4 Å². The van der Waals surface area contributed by atoms with Crippen molar-refractivity contribution in [3.8, 4) is 11.5 Å². The van der Waals surface area contributed by atoms with Crippen molar-refractivity contribution in [1.29, 1.82) is 0 Å². The van der Waals surface area contributed by atoms with Crippen LogP contribution >= 0.6 is 0 Å². The molecule has 166 valence electrons. The van der Waals surface area contributed by atoms with Crippen LogP contribution in [0.4, 0.5) is 0 Å². The third kappa shape index (κ3) is 3.87. The average Bonchev–Trinajstić information content (AvgIpc) is 3.35. The highest BCUT2D eigenvalue weighted by Crippen LogP contribution is 2.34. The lowest BCUT2D eigenvalue weighted by Crippen LogP contribution is -2.49. The van der Waals surface area contributed by atoms with Crippen LogP contribution in [0.1, 0.15) is 36.1 Å². The number of nitrogens with zero attached hydrogens (tertiary/aromatic N) is 4. The Labute approximate surface area is 182 Å². The molecule has 2 aromatic heterocycles. The molecule has 1 aromatic carbocycles. The molecule has 1 aliphatic rings. The fourth-order valence-corrected chi connectivity index (χ4v) is 4.43. The number of hydrogen-bond donors (Lipinski definition) is 1. The molecule has 4 rings (SSSR count). The molecule has 31 heavy (non-hydrogen) atoms. The van der Waals surface area contributed by atoms with Gasteiger partial charge in [0, 0.05) is 50.4 Å². The average molecular weight is 427 g/mol. The molecule has 1 aliphatic heterocycles. The Bertz CT molecular complexity index is 1090. The number of hydrogen-bond acceptors (Lipinski definition) is 5. The molecule has 0 atom stereocenters. The molecule has 0 aliphatic carbocycles. The topological polar surface area (TPSA) is 81.8 Å². The lowest BCUT2D eigenvalue weighted by molar-refractivity contribution is -0.0298. The number of likely N-dealkylation sites (tertiary alicyclic amines) is 1. The fourth-order valence-electron chi connectivity index (χ4n) is 4.43. The monoisotopic (exact) mass is 426 g/mol. The van der Waals surface area contributed by atoms with E-state index in [-0.39, 0.29) is 5.91 Å². The van der Waals surface area contributed by atoms with Crippen LogP contribution in [0.25, 0.3) is 10.9 Å². The summed E-state index contributed by atoms with van der Waals surface area (Å²) < 4.78 is 14.7. The summed E-state index contributed by atoms with van der Waals surface area (Å²) in [4.78, 5) is 19.4. The summed E-state index contributed by atoms with van der Waals surface area (Å²) in [6, 6.07) is 5.66. The van der Waals surface area contributed by atoms with E-state index in [2.05, 4.69) is 11.9 Å². The van der Waals surface area contributed by atoms with E-state index < -0.39 is 5.60 Å². The van der Waals surface area contributed by atoms with Gasteiger partial charge >= 0.3 is 0 Å². The molecular formula is C23H30N4O4. The summed E-state index contributed by atoms with van der Waals surface area (Å²) >= 11 is 0. The van der Waals surface area contributed by atoms with Gasteiger partial charge in [0.2, 0.25) is 0 Å². The van der Waals surface area contributed by atoms with Crippen LogP contribution in [0, 0.1) is 0 Å². The van der Waals surface area contributed by atoms with Gasteiger partial charge < -0.3 is 28.6 Å². The zero-order valence-corrected chi connectivity index (χ0v) is 18.6. The Hall–Kier alpha value is -3.00. The minimum atomic E-state index is -0.832. The number of amides is 1. The maximum Gasteiger partial charge on any atom is 0.270 e. The van der Waals surface area contributed by atoms with Crippen molar-refractivity contribution in [2.24, 2.45) is 7.05 Å². The minimum absolute atomic E-state index is 0.0319. The lowest BCUT2D eigenvalue weighted by atomic mass is 9.91. The maximum atomic E-state index is 13.3. The SMILES string of the molecule is CCc1nccn1CC1(O)CCN(C(=O)c2cc3cc(OC)c(OC)cc3n2C)CC1. The van der Waals surface area contributed by atoms with Gasteiger partial charge in [-0.2, -0.15) is 0 Å². The van der Waals surface area contributed by atoms with E-state index in [1.807, 2.05) is 45.5 Å². The molecule has 0 bridgehead atoms. The van der Waals surface area contributed by atoms with Crippen LogP contribution in [0.2, 0.25) is 0 Å². The van der Waals surface area contributed by atoms with Crippen molar-refractivity contribution >= 4 is 16.8 Å². The molecule has 3 aromatic rings. The van der Waals surface area contributed by atoms with Crippen LogP contribution in [0.5, 0.6) is 11.5 Å². The molecule has 0 radical (unpaired) electrons. The number of rotatable bonds is 6. The molecular weight excluding hydrogens is 396 g/mol. The van der Waals surface area contributed by atoms with Crippen molar-refractivity contribution in [3.05, 3.63) is 42.1 Å². The number of carbonyl (C=O) groups excluding carboxylic acids is 1. The molecule has 0 saturated carbocycles. The standard InChI is InChI=1S/C23H30N4O4/c1-5-21-24-8-11-27(21)15-23(29)6-9-26(10-7-23)22(28)18-12-16-13-19(30-3)20(31-4)14-17(16)25(18)2/h8,11-14,29H,5-7,9-10,15H2,1-4H3. The van der Waals surface area contributed by atoms with Crippen molar-refractivity contribution in [2.45, 2.75) is 38.3 Å². The second kappa shape index (κ2) is 8.26. The number of ether oxygens (including phenoxy) is 2. The molecule has 3 heterocycles. The second-order valence-electron chi connectivity index (χ2n) is 8.20. The molecule has 1 amide bonds. The van der Waals surface area contributed by atoms with Crippen LogP contribution in [0.3, 0.4) is 0 Å². The number of aromatic nitrogens is 3. The number of aliphatic hydroxyl groups is 1. The molecule has 1 N–H and O–H groups in total. The van der Waals surface area contributed by atoms with Crippen molar-refractivity contribution in [3.63, 3.8) is 0 Å². The summed E-state index contributed by atoms with van der Waals surface area (Å²) in [6.45, 7) is 3.59. The lowest BCUT2D eigenvalue weighted by Gasteiger charge is -2.38. The Morgan fingerprint density at radius 2 is 1.84 bits per heavy atom. The van der Waals surface area contributed by atoms with Crippen LogP contribution in [0.15, 0.2) is 30.6 Å². The van der Waals surface area contributed by atoms with Crippen LogP contribution < -0.4 is 9.47 Å². The number of fused-ring (bicyclic) bond motifs is 1. The Morgan fingerprint density at radius 1 is 1.16 bits per heavy atom. The molecule has 8 nitrogen and oxygen atoms in total. The highest BCUT2D eigenvalue weighted by atomic mass is 16.5. The molecule has 8 heteroatoms. The van der Waals surface area contributed by atoms with Gasteiger partial charge in [0.25, 0.3) is 5.91 Å². The van der Waals surface area contributed by atoms with E-state index in [0.29, 0.717) is 49.7 Å². The Balaban J connectivity index is 1.51.